The maximum absolute atomic E-state index is 12.7. The maximum atomic E-state index is 12.7. The number of imidazole rings is 1. The van der Waals surface area contributed by atoms with E-state index in [1.165, 1.54) is 12.4 Å². The molecule has 0 fully saturated rings. The number of benzene rings is 1. The average molecular weight is 295 g/mol. The predicted octanol–water partition coefficient (Wildman–Crippen LogP) is 3.53. The smallest absolute Gasteiger partial charge is 0.320 e. The van der Waals surface area contributed by atoms with Crippen LogP contribution in [0.2, 0.25) is 0 Å². The Morgan fingerprint density at radius 3 is 2.90 bits per heavy atom. The summed E-state index contributed by atoms with van der Waals surface area (Å²) in [5.41, 5.74) is 1.09. The van der Waals surface area contributed by atoms with E-state index in [2.05, 4.69) is 17.2 Å². The van der Waals surface area contributed by atoms with Crippen LogP contribution in [-0.4, -0.2) is 16.1 Å². The summed E-state index contributed by atoms with van der Waals surface area (Å²) in [7, 11) is 0. The number of rotatable bonds is 7. The Balaban J connectivity index is 2.03. The molecule has 1 aromatic heterocycles. The second-order valence-corrected chi connectivity index (χ2v) is 4.67. The Morgan fingerprint density at radius 2 is 2.19 bits per heavy atom. The zero-order chi connectivity index (χ0) is 15.2. The van der Waals surface area contributed by atoms with Crippen LogP contribution in [0.3, 0.4) is 0 Å². The monoisotopic (exact) mass is 295 g/mol. The molecular formula is C15H19F2N3O. The van der Waals surface area contributed by atoms with Crippen molar-refractivity contribution >= 4 is 0 Å². The van der Waals surface area contributed by atoms with Crippen molar-refractivity contribution in [1.29, 1.82) is 0 Å². The van der Waals surface area contributed by atoms with Gasteiger partial charge in [0.05, 0.1) is 0 Å². The lowest BCUT2D eigenvalue weighted by Crippen LogP contribution is -2.17. The molecule has 0 aliphatic rings. The first-order valence-corrected chi connectivity index (χ1v) is 6.87. The molecule has 0 amide bonds. The van der Waals surface area contributed by atoms with Gasteiger partial charge in [-0.3, -0.25) is 4.57 Å². The molecule has 1 heterocycles. The number of halogens is 2. The first kappa shape index (κ1) is 15.4. The minimum absolute atomic E-state index is 0.0103. The molecule has 0 spiro atoms. The molecule has 0 aliphatic carbocycles. The van der Waals surface area contributed by atoms with Gasteiger partial charge in [0.2, 0.25) is 0 Å². The van der Waals surface area contributed by atoms with Crippen LogP contribution in [0.5, 0.6) is 5.75 Å². The molecule has 0 saturated heterocycles. The van der Waals surface area contributed by atoms with E-state index in [9.17, 15) is 8.78 Å². The number of nitrogens with zero attached hydrogens (tertiary/aromatic N) is 2. The molecule has 1 N–H and O–H groups in total. The standard InChI is InChI=1S/C15H19F2N3O/c1-3-18-11(2)12-5-4-6-13(9-12)21-10-14-19-7-8-20(14)15(16)17/h4-9,11,15,18H,3,10H2,1-2H3. The van der Waals surface area contributed by atoms with Gasteiger partial charge >= 0.3 is 6.55 Å². The topological polar surface area (TPSA) is 39.1 Å². The normalized spacial score (nSPS) is 12.6. The van der Waals surface area contributed by atoms with Gasteiger partial charge in [-0.15, -0.1) is 0 Å². The zero-order valence-corrected chi connectivity index (χ0v) is 12.1. The summed E-state index contributed by atoms with van der Waals surface area (Å²) >= 11 is 0. The lowest BCUT2D eigenvalue weighted by Gasteiger charge is -2.14. The molecular weight excluding hydrogens is 276 g/mol. The highest BCUT2D eigenvalue weighted by Crippen LogP contribution is 2.20. The molecule has 21 heavy (non-hydrogen) atoms. The number of ether oxygens (including phenoxy) is 1. The molecule has 1 atom stereocenters. The van der Waals surface area contributed by atoms with E-state index in [-0.39, 0.29) is 18.5 Å². The van der Waals surface area contributed by atoms with Gasteiger partial charge in [0.15, 0.2) is 5.82 Å². The van der Waals surface area contributed by atoms with Crippen molar-refractivity contribution in [2.75, 3.05) is 6.54 Å². The van der Waals surface area contributed by atoms with Gasteiger partial charge in [-0.1, -0.05) is 19.1 Å². The first-order chi connectivity index (χ1) is 10.1. The van der Waals surface area contributed by atoms with Gasteiger partial charge in [-0.05, 0) is 31.2 Å². The summed E-state index contributed by atoms with van der Waals surface area (Å²) in [6.45, 7) is 2.38. The van der Waals surface area contributed by atoms with E-state index in [0.29, 0.717) is 5.75 Å². The summed E-state index contributed by atoms with van der Waals surface area (Å²) in [4.78, 5) is 3.89. The third-order valence-corrected chi connectivity index (χ3v) is 3.20. The molecule has 0 saturated carbocycles. The lowest BCUT2D eigenvalue weighted by atomic mass is 10.1. The summed E-state index contributed by atoms with van der Waals surface area (Å²) in [6, 6.07) is 7.81. The SMILES string of the molecule is CCNC(C)c1cccc(OCc2nccn2C(F)F)c1. The van der Waals surface area contributed by atoms with Gasteiger partial charge in [0.1, 0.15) is 12.4 Å². The molecule has 2 rings (SSSR count). The molecule has 1 aromatic carbocycles. The second kappa shape index (κ2) is 7.17. The Labute approximate surface area is 122 Å². The highest BCUT2D eigenvalue weighted by atomic mass is 19.3. The van der Waals surface area contributed by atoms with Crippen LogP contribution in [0, 0.1) is 0 Å². The van der Waals surface area contributed by atoms with Crippen molar-refractivity contribution in [3.05, 3.63) is 48.0 Å². The van der Waals surface area contributed by atoms with E-state index in [0.717, 1.165) is 16.7 Å². The number of aromatic nitrogens is 2. The fraction of sp³-hybridized carbons (Fsp3) is 0.400. The number of hydrogen-bond donors (Lipinski definition) is 1. The van der Waals surface area contributed by atoms with Gasteiger partial charge in [-0.25, -0.2) is 4.98 Å². The van der Waals surface area contributed by atoms with Crippen molar-refractivity contribution < 1.29 is 13.5 Å². The van der Waals surface area contributed by atoms with Crippen molar-refractivity contribution in [2.24, 2.45) is 0 Å². The molecule has 2 aromatic rings. The summed E-state index contributed by atoms with van der Waals surface area (Å²) in [6.07, 6.45) is 2.58. The minimum Gasteiger partial charge on any atom is -0.486 e. The Kier molecular flexibility index (Phi) is 5.27. The van der Waals surface area contributed by atoms with Crippen LogP contribution in [0.25, 0.3) is 0 Å². The number of alkyl halides is 2. The van der Waals surface area contributed by atoms with E-state index >= 15 is 0 Å². The van der Waals surface area contributed by atoms with E-state index < -0.39 is 6.55 Å². The average Bonchev–Trinajstić information content (AvgIpc) is 2.94. The number of hydrogen-bond acceptors (Lipinski definition) is 3. The highest BCUT2D eigenvalue weighted by Gasteiger charge is 2.12. The third-order valence-electron chi connectivity index (χ3n) is 3.20. The van der Waals surface area contributed by atoms with Crippen molar-refractivity contribution in [3.8, 4) is 5.75 Å². The van der Waals surface area contributed by atoms with Crippen LogP contribution in [-0.2, 0) is 6.61 Å². The molecule has 0 bridgehead atoms. The molecule has 114 valence electrons. The fourth-order valence-electron chi connectivity index (χ4n) is 2.08. The van der Waals surface area contributed by atoms with Crippen LogP contribution in [0.15, 0.2) is 36.7 Å². The molecule has 0 aliphatic heterocycles. The van der Waals surface area contributed by atoms with Crippen LogP contribution in [0.1, 0.15) is 37.8 Å². The predicted molar refractivity (Wildman–Crippen MR) is 76.3 cm³/mol. The number of nitrogens with one attached hydrogen (secondary N) is 1. The largest absolute Gasteiger partial charge is 0.486 e. The zero-order valence-electron chi connectivity index (χ0n) is 12.1. The van der Waals surface area contributed by atoms with Gasteiger partial charge < -0.3 is 10.1 Å². The lowest BCUT2D eigenvalue weighted by molar-refractivity contribution is 0.0632. The second-order valence-electron chi connectivity index (χ2n) is 4.67. The van der Waals surface area contributed by atoms with E-state index in [4.69, 9.17) is 4.74 Å². The highest BCUT2D eigenvalue weighted by molar-refractivity contribution is 5.30. The Morgan fingerprint density at radius 1 is 1.38 bits per heavy atom. The van der Waals surface area contributed by atoms with E-state index in [1.54, 1.807) is 6.07 Å². The van der Waals surface area contributed by atoms with Gasteiger partial charge in [0.25, 0.3) is 0 Å². The Hall–Kier alpha value is -1.95. The molecule has 1 unspecified atom stereocenters. The molecule has 4 nitrogen and oxygen atoms in total. The Bertz CT molecular complexity index is 572. The summed E-state index contributed by atoms with van der Waals surface area (Å²) < 4.78 is 31.8. The summed E-state index contributed by atoms with van der Waals surface area (Å²) in [5.74, 6) is 0.844. The van der Waals surface area contributed by atoms with Gasteiger partial charge in [0, 0.05) is 18.4 Å². The van der Waals surface area contributed by atoms with Crippen LogP contribution in [0.4, 0.5) is 8.78 Å². The fourth-order valence-corrected chi connectivity index (χ4v) is 2.08. The first-order valence-electron chi connectivity index (χ1n) is 6.87. The molecule has 0 radical (unpaired) electrons. The van der Waals surface area contributed by atoms with Crippen LogP contribution < -0.4 is 10.1 Å². The van der Waals surface area contributed by atoms with Crippen molar-refractivity contribution in [2.45, 2.75) is 33.0 Å². The quantitative estimate of drug-likeness (QED) is 0.849. The summed E-state index contributed by atoms with van der Waals surface area (Å²) in [5, 5.41) is 3.31. The maximum Gasteiger partial charge on any atom is 0.320 e. The van der Waals surface area contributed by atoms with E-state index in [1.807, 2.05) is 25.1 Å². The minimum atomic E-state index is -2.61. The van der Waals surface area contributed by atoms with Gasteiger partial charge in [-0.2, -0.15) is 8.78 Å². The van der Waals surface area contributed by atoms with Crippen molar-refractivity contribution in [1.82, 2.24) is 14.9 Å². The van der Waals surface area contributed by atoms with Crippen molar-refractivity contribution in [3.63, 3.8) is 0 Å². The van der Waals surface area contributed by atoms with Crippen LogP contribution >= 0.6 is 0 Å². The third kappa shape index (κ3) is 4.01. The molecule has 6 heteroatoms.